The van der Waals surface area contributed by atoms with Crippen LogP contribution in [0, 0.1) is 5.92 Å². The fraction of sp³-hybridized carbons (Fsp3) is 0.889. The molecule has 0 radical (unpaired) electrons. The monoisotopic (exact) mass is 322 g/mol. The van der Waals surface area contributed by atoms with E-state index in [1.807, 2.05) is 9.80 Å². The van der Waals surface area contributed by atoms with Gasteiger partial charge >= 0.3 is 0 Å². The number of hydrogen-bond donors (Lipinski definition) is 0. The molecule has 23 heavy (non-hydrogen) atoms. The van der Waals surface area contributed by atoms with Crippen LogP contribution in [-0.4, -0.2) is 60.5 Å². The van der Waals surface area contributed by atoms with Crippen molar-refractivity contribution < 1.29 is 14.3 Å². The summed E-state index contributed by atoms with van der Waals surface area (Å²) >= 11 is 0. The Kier molecular flexibility index (Phi) is 5.92. The molecule has 130 valence electrons. The van der Waals surface area contributed by atoms with Gasteiger partial charge in [-0.2, -0.15) is 0 Å². The van der Waals surface area contributed by atoms with Gasteiger partial charge in [0.2, 0.25) is 5.91 Å². The zero-order valence-electron chi connectivity index (χ0n) is 14.2. The third-order valence-corrected chi connectivity index (χ3v) is 5.64. The molecule has 0 aromatic carbocycles. The molecule has 3 fully saturated rings. The minimum Gasteiger partial charge on any atom is -0.368 e. The van der Waals surface area contributed by atoms with Gasteiger partial charge in [0, 0.05) is 39.2 Å². The molecule has 2 aliphatic heterocycles. The van der Waals surface area contributed by atoms with Crippen LogP contribution in [0.25, 0.3) is 0 Å². The number of piperazine rings is 1. The van der Waals surface area contributed by atoms with E-state index in [1.54, 1.807) is 0 Å². The first-order valence-corrected chi connectivity index (χ1v) is 9.42. The van der Waals surface area contributed by atoms with E-state index in [2.05, 4.69) is 0 Å². The van der Waals surface area contributed by atoms with Gasteiger partial charge in [0.25, 0.3) is 5.91 Å². The van der Waals surface area contributed by atoms with Crippen molar-refractivity contribution >= 4 is 11.8 Å². The molecule has 3 aliphatic rings. The zero-order valence-corrected chi connectivity index (χ0v) is 14.2. The number of carbonyl (C=O) groups excluding carboxylic acids is 2. The quantitative estimate of drug-likeness (QED) is 0.797. The third kappa shape index (κ3) is 4.46. The van der Waals surface area contributed by atoms with Crippen LogP contribution in [0.5, 0.6) is 0 Å². The fourth-order valence-corrected chi connectivity index (χ4v) is 4.11. The maximum Gasteiger partial charge on any atom is 0.251 e. The molecule has 0 aromatic rings. The van der Waals surface area contributed by atoms with Gasteiger partial charge in [0.05, 0.1) is 0 Å². The summed E-state index contributed by atoms with van der Waals surface area (Å²) in [5.41, 5.74) is 0. The number of carbonyl (C=O) groups is 2. The molecule has 2 saturated heterocycles. The van der Waals surface area contributed by atoms with Crippen molar-refractivity contribution in [1.29, 1.82) is 0 Å². The zero-order chi connectivity index (χ0) is 16.1. The minimum atomic E-state index is -0.233. The predicted octanol–water partition coefficient (Wildman–Crippen LogP) is 2.20. The molecule has 1 saturated carbocycles. The third-order valence-electron chi connectivity index (χ3n) is 5.64. The van der Waals surface area contributed by atoms with Crippen LogP contribution in [0.3, 0.4) is 0 Å². The van der Waals surface area contributed by atoms with Gasteiger partial charge in [-0.1, -0.05) is 32.1 Å². The summed E-state index contributed by atoms with van der Waals surface area (Å²) in [7, 11) is 0. The second-order valence-electron chi connectivity index (χ2n) is 7.25. The van der Waals surface area contributed by atoms with E-state index < -0.39 is 0 Å². The van der Waals surface area contributed by atoms with Crippen LogP contribution in [0.1, 0.15) is 57.8 Å². The minimum absolute atomic E-state index is 0.122. The Hall–Kier alpha value is -1.10. The van der Waals surface area contributed by atoms with Crippen LogP contribution in [0.2, 0.25) is 0 Å². The Labute approximate surface area is 139 Å². The number of hydrogen-bond acceptors (Lipinski definition) is 3. The lowest BCUT2D eigenvalue weighted by Gasteiger charge is -2.36. The summed E-state index contributed by atoms with van der Waals surface area (Å²) in [4.78, 5) is 28.5. The number of nitrogens with zero attached hydrogens (tertiary/aromatic N) is 2. The Morgan fingerprint density at radius 2 is 1.57 bits per heavy atom. The van der Waals surface area contributed by atoms with E-state index in [-0.39, 0.29) is 17.9 Å². The topological polar surface area (TPSA) is 49.9 Å². The van der Waals surface area contributed by atoms with Crippen molar-refractivity contribution in [2.24, 2.45) is 5.92 Å². The lowest BCUT2D eigenvalue weighted by atomic mass is 9.86. The number of amides is 2. The molecule has 1 aliphatic carbocycles. The molecule has 5 heteroatoms. The highest BCUT2D eigenvalue weighted by Gasteiger charge is 2.31. The van der Waals surface area contributed by atoms with Crippen molar-refractivity contribution in [2.75, 3.05) is 32.8 Å². The molecule has 5 nitrogen and oxygen atoms in total. The van der Waals surface area contributed by atoms with Gasteiger partial charge in [0.15, 0.2) is 0 Å². The molecule has 0 aromatic heterocycles. The van der Waals surface area contributed by atoms with E-state index in [9.17, 15) is 9.59 Å². The van der Waals surface area contributed by atoms with Gasteiger partial charge < -0.3 is 14.5 Å². The highest BCUT2D eigenvalue weighted by atomic mass is 16.5. The normalized spacial score (nSPS) is 26.5. The molecule has 0 N–H and O–H groups in total. The van der Waals surface area contributed by atoms with Gasteiger partial charge in [-0.3, -0.25) is 9.59 Å². The Bertz CT molecular complexity index is 406. The summed E-state index contributed by atoms with van der Waals surface area (Å²) in [5.74, 6) is 1.16. The SMILES string of the molecule is O=C(CCC1CCCCC1)N1CCN(C(=O)C2CCCO2)CC1. The number of ether oxygens (including phenoxy) is 1. The highest BCUT2D eigenvalue weighted by molar-refractivity contribution is 5.82. The van der Waals surface area contributed by atoms with Crippen molar-refractivity contribution in [3.63, 3.8) is 0 Å². The average molecular weight is 322 g/mol. The molecule has 2 heterocycles. The summed E-state index contributed by atoms with van der Waals surface area (Å²) in [5, 5.41) is 0. The Morgan fingerprint density at radius 1 is 0.870 bits per heavy atom. The van der Waals surface area contributed by atoms with Crippen molar-refractivity contribution in [3.05, 3.63) is 0 Å². The molecule has 0 bridgehead atoms. The molecule has 1 atom stereocenters. The first kappa shape index (κ1) is 16.7. The van der Waals surface area contributed by atoms with Crippen LogP contribution in [0.15, 0.2) is 0 Å². The summed E-state index contributed by atoms with van der Waals surface area (Å²) < 4.78 is 5.48. The fourth-order valence-electron chi connectivity index (χ4n) is 4.11. The summed E-state index contributed by atoms with van der Waals surface area (Å²) in [6.07, 6.45) is 9.97. The van der Waals surface area contributed by atoms with E-state index in [0.717, 1.165) is 25.2 Å². The molecular weight excluding hydrogens is 292 g/mol. The highest BCUT2D eigenvalue weighted by Crippen LogP contribution is 2.27. The summed E-state index contributed by atoms with van der Waals surface area (Å²) in [6.45, 7) is 3.39. The van der Waals surface area contributed by atoms with Crippen molar-refractivity contribution in [3.8, 4) is 0 Å². The molecular formula is C18H30N2O3. The van der Waals surface area contributed by atoms with E-state index in [0.29, 0.717) is 39.2 Å². The lowest BCUT2D eigenvalue weighted by molar-refractivity contribution is -0.146. The van der Waals surface area contributed by atoms with Crippen molar-refractivity contribution in [1.82, 2.24) is 9.80 Å². The standard InChI is InChI=1S/C18H30N2O3/c21-17(9-8-15-5-2-1-3-6-15)19-10-12-20(13-11-19)18(22)16-7-4-14-23-16/h15-16H,1-14H2. The van der Waals surface area contributed by atoms with Gasteiger partial charge in [0.1, 0.15) is 6.10 Å². The van der Waals surface area contributed by atoms with Crippen molar-refractivity contribution in [2.45, 2.75) is 63.9 Å². The second-order valence-corrected chi connectivity index (χ2v) is 7.25. The van der Waals surface area contributed by atoms with Crippen LogP contribution >= 0.6 is 0 Å². The summed E-state index contributed by atoms with van der Waals surface area (Å²) in [6, 6.07) is 0. The molecule has 2 amide bonds. The largest absolute Gasteiger partial charge is 0.368 e. The van der Waals surface area contributed by atoms with E-state index >= 15 is 0 Å². The van der Waals surface area contributed by atoms with Gasteiger partial charge in [-0.25, -0.2) is 0 Å². The molecule has 0 spiro atoms. The molecule has 3 rings (SSSR count). The Morgan fingerprint density at radius 3 is 2.22 bits per heavy atom. The predicted molar refractivity (Wildman–Crippen MR) is 87.9 cm³/mol. The Balaban J connectivity index is 1.37. The molecule has 1 unspecified atom stereocenters. The number of rotatable bonds is 4. The lowest BCUT2D eigenvalue weighted by Crippen LogP contribution is -2.52. The van der Waals surface area contributed by atoms with E-state index in [1.165, 1.54) is 32.1 Å². The average Bonchev–Trinajstić information content (AvgIpc) is 3.15. The van der Waals surface area contributed by atoms with Crippen LogP contribution in [-0.2, 0) is 14.3 Å². The first-order chi connectivity index (χ1) is 11.2. The van der Waals surface area contributed by atoms with Crippen LogP contribution in [0.4, 0.5) is 0 Å². The maximum atomic E-state index is 12.4. The van der Waals surface area contributed by atoms with E-state index in [4.69, 9.17) is 4.74 Å². The van der Waals surface area contributed by atoms with Crippen LogP contribution < -0.4 is 0 Å². The maximum absolute atomic E-state index is 12.4. The van der Waals surface area contributed by atoms with Gasteiger partial charge in [-0.05, 0) is 25.2 Å². The second kappa shape index (κ2) is 8.13. The smallest absolute Gasteiger partial charge is 0.251 e. The van der Waals surface area contributed by atoms with Gasteiger partial charge in [-0.15, -0.1) is 0 Å². The first-order valence-electron chi connectivity index (χ1n) is 9.42.